The monoisotopic (exact) mass is 276 g/mol. The van der Waals surface area contributed by atoms with E-state index in [0.29, 0.717) is 17.5 Å². The molecule has 1 N–H and O–H groups in total. The van der Waals surface area contributed by atoms with E-state index >= 15 is 0 Å². The van der Waals surface area contributed by atoms with Gasteiger partial charge in [0, 0.05) is 4.90 Å². The molecule has 0 aliphatic heterocycles. The summed E-state index contributed by atoms with van der Waals surface area (Å²) in [7, 11) is 0. The summed E-state index contributed by atoms with van der Waals surface area (Å²) in [5.74, 6) is 2.01. The Morgan fingerprint density at radius 3 is 2.84 bits per heavy atom. The molecule has 0 bridgehead atoms. The molecule has 1 aliphatic rings. The molecule has 19 heavy (non-hydrogen) atoms. The summed E-state index contributed by atoms with van der Waals surface area (Å²) in [4.78, 5) is 5.59. The molecule has 1 aromatic carbocycles. The molecule has 5 heteroatoms. The van der Waals surface area contributed by atoms with Gasteiger partial charge in [0.1, 0.15) is 0 Å². The standard InChI is InChI=1S/C14H16N2O2S/c17-12-8-4-7-11(12)14-15-13(16-18-14)9-19-10-5-2-1-3-6-10/h1-3,5-6,11-12,17H,4,7-9H2. The first-order valence-electron chi connectivity index (χ1n) is 6.51. The van der Waals surface area contributed by atoms with Crippen molar-refractivity contribution in [2.24, 2.45) is 0 Å². The quantitative estimate of drug-likeness (QED) is 0.870. The van der Waals surface area contributed by atoms with E-state index in [2.05, 4.69) is 22.3 Å². The van der Waals surface area contributed by atoms with Gasteiger partial charge in [-0.25, -0.2) is 0 Å². The Morgan fingerprint density at radius 1 is 1.26 bits per heavy atom. The van der Waals surface area contributed by atoms with E-state index in [1.54, 1.807) is 11.8 Å². The van der Waals surface area contributed by atoms with Crippen molar-refractivity contribution in [3.63, 3.8) is 0 Å². The van der Waals surface area contributed by atoms with Crippen molar-refractivity contribution in [2.75, 3.05) is 0 Å². The molecular weight excluding hydrogens is 260 g/mol. The molecule has 3 rings (SSSR count). The first-order valence-corrected chi connectivity index (χ1v) is 7.50. The Bertz CT molecular complexity index is 529. The molecule has 2 aromatic rings. The fraction of sp³-hybridized carbons (Fsp3) is 0.429. The van der Waals surface area contributed by atoms with Crippen LogP contribution in [0.4, 0.5) is 0 Å². The molecule has 100 valence electrons. The zero-order valence-corrected chi connectivity index (χ0v) is 11.3. The van der Waals surface area contributed by atoms with Crippen molar-refractivity contribution in [2.45, 2.75) is 41.9 Å². The number of thioether (sulfide) groups is 1. The van der Waals surface area contributed by atoms with Crippen LogP contribution in [-0.2, 0) is 5.75 Å². The van der Waals surface area contributed by atoms with Crippen molar-refractivity contribution < 1.29 is 9.63 Å². The third kappa shape index (κ3) is 2.98. The fourth-order valence-corrected chi connectivity index (χ4v) is 3.13. The summed E-state index contributed by atoms with van der Waals surface area (Å²) in [6.07, 6.45) is 2.48. The predicted molar refractivity (Wildman–Crippen MR) is 72.9 cm³/mol. The molecule has 0 radical (unpaired) electrons. The zero-order valence-electron chi connectivity index (χ0n) is 10.5. The topological polar surface area (TPSA) is 59.2 Å². The molecule has 0 saturated heterocycles. The minimum atomic E-state index is -0.324. The summed E-state index contributed by atoms with van der Waals surface area (Å²) < 4.78 is 5.27. The van der Waals surface area contributed by atoms with Gasteiger partial charge >= 0.3 is 0 Å². The number of nitrogens with zero attached hydrogens (tertiary/aromatic N) is 2. The van der Waals surface area contributed by atoms with Crippen LogP contribution in [0.2, 0.25) is 0 Å². The second-order valence-electron chi connectivity index (χ2n) is 4.76. The third-order valence-electron chi connectivity index (χ3n) is 3.39. The number of rotatable bonds is 4. The Kier molecular flexibility index (Phi) is 3.84. The first-order chi connectivity index (χ1) is 9.33. The van der Waals surface area contributed by atoms with E-state index in [9.17, 15) is 5.11 Å². The third-order valence-corrected chi connectivity index (χ3v) is 4.40. The van der Waals surface area contributed by atoms with E-state index in [1.807, 2.05) is 18.2 Å². The van der Waals surface area contributed by atoms with Crippen LogP contribution in [0.15, 0.2) is 39.8 Å². The molecule has 1 aromatic heterocycles. The van der Waals surface area contributed by atoms with Gasteiger partial charge in [-0.15, -0.1) is 11.8 Å². The highest BCUT2D eigenvalue weighted by Crippen LogP contribution is 2.33. The Labute approximate surface area is 116 Å². The van der Waals surface area contributed by atoms with Gasteiger partial charge in [0.15, 0.2) is 5.82 Å². The second kappa shape index (κ2) is 5.75. The van der Waals surface area contributed by atoms with Gasteiger partial charge in [0.25, 0.3) is 0 Å². The van der Waals surface area contributed by atoms with Crippen LogP contribution in [0.1, 0.15) is 36.9 Å². The fourth-order valence-electron chi connectivity index (χ4n) is 2.37. The van der Waals surface area contributed by atoms with Gasteiger partial charge < -0.3 is 9.63 Å². The first kappa shape index (κ1) is 12.7. The summed E-state index contributed by atoms with van der Waals surface area (Å²) in [6, 6.07) is 10.1. The van der Waals surface area contributed by atoms with Gasteiger partial charge in [0.2, 0.25) is 5.89 Å². The van der Waals surface area contributed by atoms with E-state index in [0.717, 1.165) is 19.3 Å². The van der Waals surface area contributed by atoms with E-state index in [-0.39, 0.29) is 12.0 Å². The Balaban J connectivity index is 1.62. The van der Waals surface area contributed by atoms with Gasteiger partial charge in [-0.05, 0) is 31.4 Å². The van der Waals surface area contributed by atoms with Crippen LogP contribution >= 0.6 is 11.8 Å². The number of aromatic nitrogens is 2. The van der Waals surface area contributed by atoms with Crippen LogP contribution in [0.25, 0.3) is 0 Å². The molecule has 0 spiro atoms. The summed E-state index contributed by atoms with van der Waals surface area (Å²) in [5, 5.41) is 13.8. The average Bonchev–Trinajstić information content (AvgIpc) is 3.06. The van der Waals surface area contributed by atoms with Crippen molar-refractivity contribution in [3.05, 3.63) is 42.0 Å². The SMILES string of the molecule is OC1CCCC1c1nc(CSc2ccccc2)no1. The minimum absolute atomic E-state index is 0.0305. The summed E-state index contributed by atoms with van der Waals surface area (Å²) in [6.45, 7) is 0. The van der Waals surface area contributed by atoms with Crippen molar-refractivity contribution in [1.29, 1.82) is 0 Å². The molecule has 1 fully saturated rings. The van der Waals surface area contributed by atoms with E-state index in [1.165, 1.54) is 4.90 Å². The summed E-state index contributed by atoms with van der Waals surface area (Å²) in [5.41, 5.74) is 0. The second-order valence-corrected chi connectivity index (χ2v) is 5.80. The lowest BCUT2D eigenvalue weighted by Crippen LogP contribution is -2.11. The maximum absolute atomic E-state index is 9.83. The molecule has 4 nitrogen and oxygen atoms in total. The average molecular weight is 276 g/mol. The predicted octanol–water partition coefficient (Wildman–Crippen LogP) is 2.99. The lowest BCUT2D eigenvalue weighted by Gasteiger charge is -2.07. The molecule has 2 atom stereocenters. The lowest BCUT2D eigenvalue weighted by atomic mass is 10.1. The van der Waals surface area contributed by atoms with Crippen molar-refractivity contribution in [1.82, 2.24) is 10.1 Å². The highest BCUT2D eigenvalue weighted by molar-refractivity contribution is 7.98. The van der Waals surface area contributed by atoms with Crippen LogP contribution in [-0.4, -0.2) is 21.4 Å². The lowest BCUT2D eigenvalue weighted by molar-refractivity contribution is 0.148. The van der Waals surface area contributed by atoms with Gasteiger partial charge in [-0.1, -0.05) is 23.4 Å². The van der Waals surface area contributed by atoms with Crippen molar-refractivity contribution in [3.8, 4) is 0 Å². The Morgan fingerprint density at radius 2 is 2.11 bits per heavy atom. The highest BCUT2D eigenvalue weighted by atomic mass is 32.2. The van der Waals surface area contributed by atoms with Crippen LogP contribution < -0.4 is 0 Å². The zero-order chi connectivity index (χ0) is 13.1. The molecule has 1 aliphatic carbocycles. The molecule has 1 saturated carbocycles. The normalized spacial score (nSPS) is 22.8. The maximum Gasteiger partial charge on any atom is 0.232 e. The molecular formula is C14H16N2O2S. The number of hydrogen-bond acceptors (Lipinski definition) is 5. The number of benzene rings is 1. The molecule has 1 heterocycles. The number of aliphatic hydroxyl groups is 1. The Hall–Kier alpha value is -1.33. The maximum atomic E-state index is 9.83. The smallest absolute Gasteiger partial charge is 0.232 e. The van der Waals surface area contributed by atoms with Gasteiger partial charge in [-0.2, -0.15) is 4.98 Å². The van der Waals surface area contributed by atoms with Gasteiger partial charge in [-0.3, -0.25) is 0 Å². The van der Waals surface area contributed by atoms with Crippen LogP contribution in [0.5, 0.6) is 0 Å². The molecule has 0 amide bonds. The summed E-state index contributed by atoms with van der Waals surface area (Å²) >= 11 is 1.68. The minimum Gasteiger partial charge on any atom is -0.392 e. The van der Waals surface area contributed by atoms with E-state index < -0.39 is 0 Å². The molecule has 2 unspecified atom stereocenters. The van der Waals surface area contributed by atoms with E-state index in [4.69, 9.17) is 4.52 Å². The van der Waals surface area contributed by atoms with Crippen molar-refractivity contribution >= 4 is 11.8 Å². The number of hydrogen-bond donors (Lipinski definition) is 1. The van der Waals surface area contributed by atoms with Crippen LogP contribution in [0, 0.1) is 0 Å². The highest BCUT2D eigenvalue weighted by Gasteiger charge is 2.31. The van der Waals surface area contributed by atoms with Crippen LogP contribution in [0.3, 0.4) is 0 Å². The van der Waals surface area contributed by atoms with Gasteiger partial charge in [0.05, 0.1) is 17.8 Å². The number of aliphatic hydroxyl groups excluding tert-OH is 1. The largest absolute Gasteiger partial charge is 0.392 e.